The van der Waals surface area contributed by atoms with Crippen LogP contribution in [-0.2, 0) is 11.2 Å². The summed E-state index contributed by atoms with van der Waals surface area (Å²) >= 11 is 7.34. The second-order valence-electron chi connectivity index (χ2n) is 6.07. The summed E-state index contributed by atoms with van der Waals surface area (Å²) in [6.45, 7) is 3.92. The van der Waals surface area contributed by atoms with E-state index in [-0.39, 0.29) is 5.91 Å². The van der Waals surface area contributed by atoms with Crippen LogP contribution in [0.15, 0.2) is 53.7 Å². The number of carbonyl (C=O) groups is 1. The largest absolute Gasteiger partial charge is 0.337 e. The zero-order valence-corrected chi connectivity index (χ0v) is 16.2. The van der Waals surface area contributed by atoms with Crippen LogP contribution in [0.3, 0.4) is 0 Å². The first-order valence-corrected chi connectivity index (χ1v) is 9.66. The third-order valence-electron chi connectivity index (χ3n) is 3.98. The standard InChI is InChI=1S/C20H20ClN3OS/c1-13-10-16(21)8-9-17(13)23-19(25)12-26-20-22-14(2)18(24-20)11-15-6-4-3-5-7-15/h3-10H,11-12H2,1-2H3,(H,22,24)(H,23,25). The number of rotatable bonds is 6. The van der Waals surface area contributed by atoms with Gasteiger partial charge in [-0.3, -0.25) is 4.79 Å². The van der Waals surface area contributed by atoms with Crippen LogP contribution in [0, 0.1) is 13.8 Å². The molecule has 0 atom stereocenters. The number of hydrogen-bond donors (Lipinski definition) is 2. The Morgan fingerprint density at radius 1 is 1.19 bits per heavy atom. The predicted molar refractivity (Wildman–Crippen MR) is 108 cm³/mol. The number of halogens is 1. The first kappa shape index (κ1) is 18.5. The number of nitrogens with zero attached hydrogens (tertiary/aromatic N) is 1. The van der Waals surface area contributed by atoms with E-state index in [4.69, 9.17) is 11.6 Å². The summed E-state index contributed by atoms with van der Waals surface area (Å²) in [6.07, 6.45) is 0.778. The molecule has 1 amide bonds. The SMILES string of the molecule is Cc1cc(Cl)ccc1NC(=O)CSc1nc(Cc2ccccc2)c(C)[nH]1. The molecular formula is C20H20ClN3OS. The van der Waals surface area contributed by atoms with Crippen molar-refractivity contribution in [3.05, 3.63) is 76.1 Å². The van der Waals surface area contributed by atoms with Gasteiger partial charge in [-0.05, 0) is 43.2 Å². The Balaban J connectivity index is 1.57. The van der Waals surface area contributed by atoms with Crippen LogP contribution >= 0.6 is 23.4 Å². The highest BCUT2D eigenvalue weighted by Crippen LogP contribution is 2.22. The number of aromatic amines is 1. The third kappa shape index (κ3) is 4.90. The van der Waals surface area contributed by atoms with E-state index in [1.54, 1.807) is 6.07 Å². The summed E-state index contributed by atoms with van der Waals surface area (Å²) in [5.74, 6) is 0.221. The van der Waals surface area contributed by atoms with Crippen molar-refractivity contribution in [2.75, 3.05) is 11.1 Å². The highest BCUT2D eigenvalue weighted by atomic mass is 35.5. The van der Waals surface area contributed by atoms with Gasteiger partial charge < -0.3 is 10.3 Å². The number of anilines is 1. The lowest BCUT2D eigenvalue weighted by molar-refractivity contribution is -0.113. The molecule has 6 heteroatoms. The molecule has 26 heavy (non-hydrogen) atoms. The van der Waals surface area contributed by atoms with Crippen LogP contribution in [0.2, 0.25) is 5.02 Å². The van der Waals surface area contributed by atoms with Gasteiger partial charge in [0.15, 0.2) is 5.16 Å². The van der Waals surface area contributed by atoms with Crippen molar-refractivity contribution in [3.8, 4) is 0 Å². The Bertz CT molecular complexity index is 909. The van der Waals surface area contributed by atoms with Crippen molar-refractivity contribution in [1.82, 2.24) is 9.97 Å². The number of imidazole rings is 1. The van der Waals surface area contributed by atoms with Gasteiger partial charge in [0, 0.05) is 22.8 Å². The molecule has 0 aliphatic rings. The van der Waals surface area contributed by atoms with Crippen molar-refractivity contribution in [2.45, 2.75) is 25.4 Å². The lowest BCUT2D eigenvalue weighted by Crippen LogP contribution is -2.14. The van der Waals surface area contributed by atoms with Crippen molar-refractivity contribution < 1.29 is 4.79 Å². The highest BCUT2D eigenvalue weighted by molar-refractivity contribution is 7.99. The van der Waals surface area contributed by atoms with E-state index in [1.165, 1.54) is 17.3 Å². The molecule has 0 spiro atoms. The average molecular weight is 386 g/mol. The van der Waals surface area contributed by atoms with Crippen LogP contribution in [0.25, 0.3) is 0 Å². The monoisotopic (exact) mass is 385 g/mol. The maximum atomic E-state index is 12.2. The van der Waals surface area contributed by atoms with Gasteiger partial charge in [-0.1, -0.05) is 53.7 Å². The van der Waals surface area contributed by atoms with Crippen molar-refractivity contribution in [3.63, 3.8) is 0 Å². The van der Waals surface area contributed by atoms with E-state index in [1.807, 2.05) is 44.2 Å². The topological polar surface area (TPSA) is 57.8 Å². The first-order chi connectivity index (χ1) is 12.5. The average Bonchev–Trinajstić information content (AvgIpc) is 2.96. The number of H-pyrrole nitrogens is 1. The minimum Gasteiger partial charge on any atom is -0.337 e. The Morgan fingerprint density at radius 2 is 1.96 bits per heavy atom. The maximum absolute atomic E-state index is 12.2. The smallest absolute Gasteiger partial charge is 0.234 e. The molecule has 2 N–H and O–H groups in total. The van der Waals surface area contributed by atoms with Gasteiger partial charge in [-0.15, -0.1) is 0 Å². The summed E-state index contributed by atoms with van der Waals surface area (Å²) in [5.41, 5.74) is 4.97. The molecule has 3 aromatic rings. The van der Waals surface area contributed by atoms with E-state index in [2.05, 4.69) is 27.4 Å². The summed E-state index contributed by atoms with van der Waals surface area (Å²) in [5, 5.41) is 4.33. The molecule has 0 unspecified atom stereocenters. The van der Waals surface area contributed by atoms with Gasteiger partial charge in [0.25, 0.3) is 0 Å². The summed E-state index contributed by atoms with van der Waals surface area (Å²) < 4.78 is 0. The number of hydrogen-bond acceptors (Lipinski definition) is 3. The van der Waals surface area contributed by atoms with Gasteiger partial charge in [-0.2, -0.15) is 0 Å². The number of carbonyl (C=O) groups excluding carboxylic acids is 1. The van der Waals surface area contributed by atoms with Crippen molar-refractivity contribution in [1.29, 1.82) is 0 Å². The van der Waals surface area contributed by atoms with Gasteiger partial charge >= 0.3 is 0 Å². The number of aromatic nitrogens is 2. The summed E-state index contributed by atoms with van der Waals surface area (Å²) in [4.78, 5) is 20.1. The normalized spacial score (nSPS) is 10.7. The third-order valence-corrected chi connectivity index (χ3v) is 5.09. The van der Waals surface area contributed by atoms with E-state index in [0.29, 0.717) is 10.8 Å². The molecule has 1 aromatic heterocycles. The molecular weight excluding hydrogens is 366 g/mol. The number of amides is 1. The van der Waals surface area contributed by atoms with E-state index >= 15 is 0 Å². The van der Waals surface area contributed by atoms with E-state index in [9.17, 15) is 4.79 Å². The van der Waals surface area contributed by atoms with Gasteiger partial charge in [0.2, 0.25) is 5.91 Å². The molecule has 2 aromatic carbocycles. The highest BCUT2D eigenvalue weighted by Gasteiger charge is 2.11. The molecule has 0 aliphatic carbocycles. The van der Waals surface area contributed by atoms with Gasteiger partial charge in [0.05, 0.1) is 11.4 Å². The van der Waals surface area contributed by atoms with Gasteiger partial charge in [-0.25, -0.2) is 4.98 Å². The molecule has 0 aliphatic heterocycles. The van der Waals surface area contributed by atoms with Crippen molar-refractivity contribution in [2.24, 2.45) is 0 Å². The number of thioether (sulfide) groups is 1. The lowest BCUT2D eigenvalue weighted by atomic mass is 10.1. The fraction of sp³-hybridized carbons (Fsp3) is 0.200. The van der Waals surface area contributed by atoms with Crippen LogP contribution in [-0.4, -0.2) is 21.6 Å². The number of benzene rings is 2. The molecule has 0 radical (unpaired) electrons. The summed E-state index contributed by atoms with van der Waals surface area (Å²) in [6, 6.07) is 15.6. The second kappa shape index (κ2) is 8.43. The van der Waals surface area contributed by atoms with Crippen molar-refractivity contribution >= 4 is 35.0 Å². The minimum atomic E-state index is -0.0703. The fourth-order valence-electron chi connectivity index (χ4n) is 2.58. The van der Waals surface area contributed by atoms with Crippen LogP contribution in [0.5, 0.6) is 0 Å². The quantitative estimate of drug-likeness (QED) is 0.587. The van der Waals surface area contributed by atoms with Gasteiger partial charge in [0.1, 0.15) is 0 Å². The Kier molecular flexibility index (Phi) is 6.01. The zero-order valence-electron chi connectivity index (χ0n) is 14.7. The first-order valence-electron chi connectivity index (χ1n) is 8.29. The number of aryl methyl sites for hydroxylation is 2. The molecule has 0 bridgehead atoms. The zero-order chi connectivity index (χ0) is 18.5. The minimum absolute atomic E-state index is 0.0703. The molecule has 1 heterocycles. The van der Waals surface area contributed by atoms with Crippen LogP contribution < -0.4 is 5.32 Å². The lowest BCUT2D eigenvalue weighted by Gasteiger charge is -2.08. The molecule has 0 saturated heterocycles. The predicted octanol–water partition coefficient (Wildman–Crippen LogP) is 5.00. The molecule has 134 valence electrons. The second-order valence-corrected chi connectivity index (χ2v) is 7.47. The molecule has 4 nitrogen and oxygen atoms in total. The van der Waals surface area contributed by atoms with Crippen LogP contribution in [0.1, 0.15) is 22.5 Å². The Morgan fingerprint density at radius 3 is 2.69 bits per heavy atom. The molecule has 3 rings (SSSR count). The molecule has 0 fully saturated rings. The van der Waals surface area contributed by atoms with Crippen LogP contribution in [0.4, 0.5) is 5.69 Å². The fourth-order valence-corrected chi connectivity index (χ4v) is 3.55. The number of nitrogens with one attached hydrogen (secondary N) is 2. The Hall–Kier alpha value is -2.24. The maximum Gasteiger partial charge on any atom is 0.234 e. The van der Waals surface area contributed by atoms with E-state index < -0.39 is 0 Å². The Labute approximate surface area is 162 Å². The summed E-state index contributed by atoms with van der Waals surface area (Å²) in [7, 11) is 0. The van der Waals surface area contributed by atoms with E-state index in [0.717, 1.165) is 34.2 Å². The molecule has 0 saturated carbocycles.